The summed E-state index contributed by atoms with van der Waals surface area (Å²) in [6.45, 7) is -0.124. The second-order valence-electron chi connectivity index (χ2n) is 3.84. The molecule has 5 nitrogen and oxygen atoms in total. The van der Waals surface area contributed by atoms with Gasteiger partial charge in [-0.15, -0.1) is 27.8 Å². The number of carbonyl (C=O) groups excluding carboxylic acids is 1. The average molecular weight is 371 g/mol. The van der Waals surface area contributed by atoms with E-state index in [4.69, 9.17) is 4.42 Å². The smallest absolute Gasteiger partial charge is 0.387 e. The third-order valence-electron chi connectivity index (χ3n) is 2.48. The number of carbonyl (C=O) groups is 1. The zero-order valence-electron chi connectivity index (χ0n) is 9.91. The first kappa shape index (κ1) is 13.5. The van der Waals surface area contributed by atoms with E-state index in [0.717, 1.165) is 13.3 Å². The number of Topliss-reactive ketones (excluding diaryl/α,β-unsaturated/α-hetero) is 1. The van der Waals surface area contributed by atoms with Gasteiger partial charge in [-0.1, -0.05) is 6.07 Å². The summed E-state index contributed by atoms with van der Waals surface area (Å²) < 4.78 is 6.96. The van der Waals surface area contributed by atoms with Crippen molar-refractivity contribution >= 4 is 44.4 Å². The predicted octanol–water partition coefficient (Wildman–Crippen LogP) is 3.27. The van der Waals surface area contributed by atoms with Crippen LogP contribution in [0.2, 0.25) is 0 Å². The molecule has 3 aromatic heterocycles. The second kappa shape index (κ2) is 5.47. The first-order chi connectivity index (χ1) is 9.63. The molecule has 0 aliphatic heterocycles. The molecule has 0 aliphatic carbocycles. The molecule has 20 heavy (non-hydrogen) atoms. The van der Waals surface area contributed by atoms with Crippen LogP contribution in [0.5, 0.6) is 0 Å². The van der Waals surface area contributed by atoms with E-state index in [9.17, 15) is 9.59 Å². The Hall–Kier alpha value is -1.51. The summed E-state index contributed by atoms with van der Waals surface area (Å²) in [6.07, 6.45) is 0. The van der Waals surface area contributed by atoms with E-state index in [-0.39, 0.29) is 18.2 Å². The summed E-state index contributed by atoms with van der Waals surface area (Å²) >= 11 is 6.04. The van der Waals surface area contributed by atoms with Crippen LogP contribution in [0.15, 0.2) is 42.6 Å². The molecule has 0 saturated heterocycles. The number of aromatic nitrogens is 2. The second-order valence-corrected chi connectivity index (χ2v) is 7.25. The molecule has 0 atom stereocenters. The number of rotatable bonds is 4. The van der Waals surface area contributed by atoms with Crippen molar-refractivity contribution in [3.8, 4) is 10.8 Å². The molecule has 0 unspecified atom stereocenters. The molecule has 0 bridgehead atoms. The van der Waals surface area contributed by atoms with Gasteiger partial charge in [-0.05, 0) is 39.5 Å². The topological polar surface area (TPSA) is 65.1 Å². The molecule has 0 radical (unpaired) electrons. The van der Waals surface area contributed by atoms with E-state index in [1.165, 1.54) is 22.7 Å². The highest BCUT2D eigenvalue weighted by atomic mass is 79.9. The Morgan fingerprint density at radius 2 is 2.25 bits per heavy atom. The monoisotopic (exact) mass is 370 g/mol. The first-order valence-corrected chi connectivity index (χ1v) is 8.03. The van der Waals surface area contributed by atoms with Crippen molar-refractivity contribution in [1.29, 1.82) is 0 Å². The van der Waals surface area contributed by atoms with Gasteiger partial charge in [0.2, 0.25) is 0 Å². The number of thiophene rings is 2. The van der Waals surface area contributed by atoms with E-state index < -0.39 is 5.76 Å². The van der Waals surface area contributed by atoms with Crippen molar-refractivity contribution in [2.75, 3.05) is 0 Å². The summed E-state index contributed by atoms with van der Waals surface area (Å²) in [5, 5.41) is 5.91. The molecule has 0 N–H and O–H groups in total. The molecule has 3 rings (SSSR count). The fourth-order valence-corrected chi connectivity index (χ4v) is 3.54. The average Bonchev–Trinajstić information content (AvgIpc) is 3.11. The minimum atomic E-state index is -0.627. The van der Waals surface area contributed by atoms with Crippen LogP contribution in [0, 0.1) is 0 Å². The lowest BCUT2D eigenvalue weighted by Crippen LogP contribution is -2.21. The molecule has 0 saturated carbocycles. The van der Waals surface area contributed by atoms with Gasteiger partial charge in [0.15, 0.2) is 5.78 Å². The van der Waals surface area contributed by atoms with Crippen LogP contribution in [0.4, 0.5) is 0 Å². The van der Waals surface area contributed by atoms with Crippen LogP contribution >= 0.6 is 38.6 Å². The summed E-state index contributed by atoms with van der Waals surface area (Å²) in [5.74, 6) is -0.559. The van der Waals surface area contributed by atoms with Crippen molar-refractivity contribution in [3.63, 3.8) is 0 Å². The van der Waals surface area contributed by atoms with Crippen molar-refractivity contribution in [2.24, 2.45) is 0 Å². The summed E-state index contributed by atoms with van der Waals surface area (Å²) in [5.41, 5.74) is 0. The largest absolute Gasteiger partial charge is 0.437 e. The SMILES string of the molecule is O=C(Cn1nc(-c2cccs2)oc1=O)c1ccc(Br)s1. The highest BCUT2D eigenvalue weighted by molar-refractivity contribution is 9.11. The van der Waals surface area contributed by atoms with Gasteiger partial charge in [0.1, 0.15) is 6.54 Å². The number of nitrogens with zero attached hydrogens (tertiary/aromatic N) is 2. The standard InChI is InChI=1S/C12H7BrN2O3S2/c13-10-4-3-8(20-10)7(16)6-15-12(17)18-11(14-15)9-2-1-5-19-9/h1-5H,6H2. The van der Waals surface area contributed by atoms with Crippen LogP contribution in [-0.4, -0.2) is 15.6 Å². The molecular weight excluding hydrogens is 364 g/mol. The quantitative estimate of drug-likeness (QED) is 0.661. The van der Waals surface area contributed by atoms with Crippen LogP contribution in [0.1, 0.15) is 9.67 Å². The molecule has 3 aromatic rings. The van der Waals surface area contributed by atoms with Gasteiger partial charge < -0.3 is 4.42 Å². The maximum absolute atomic E-state index is 12.0. The summed E-state index contributed by atoms with van der Waals surface area (Å²) in [6, 6.07) is 7.15. The van der Waals surface area contributed by atoms with E-state index in [0.29, 0.717) is 4.88 Å². The Morgan fingerprint density at radius 1 is 1.40 bits per heavy atom. The Bertz CT molecular complexity index is 801. The van der Waals surface area contributed by atoms with Crippen molar-refractivity contribution < 1.29 is 9.21 Å². The fourth-order valence-electron chi connectivity index (χ4n) is 1.58. The van der Waals surface area contributed by atoms with Gasteiger partial charge in [0.25, 0.3) is 5.89 Å². The maximum Gasteiger partial charge on any atom is 0.437 e. The molecule has 102 valence electrons. The van der Waals surface area contributed by atoms with Gasteiger partial charge >= 0.3 is 5.76 Å². The Kier molecular flexibility index (Phi) is 3.68. The van der Waals surface area contributed by atoms with Gasteiger partial charge in [0, 0.05) is 0 Å². The van der Waals surface area contributed by atoms with Crippen LogP contribution in [-0.2, 0) is 6.54 Å². The normalized spacial score (nSPS) is 10.8. The zero-order chi connectivity index (χ0) is 14.1. The minimum absolute atomic E-state index is 0.124. The van der Waals surface area contributed by atoms with Crippen molar-refractivity contribution in [2.45, 2.75) is 6.54 Å². The van der Waals surface area contributed by atoms with Crippen LogP contribution in [0.3, 0.4) is 0 Å². The fraction of sp³-hybridized carbons (Fsp3) is 0.0833. The van der Waals surface area contributed by atoms with E-state index in [1.54, 1.807) is 18.2 Å². The van der Waals surface area contributed by atoms with Gasteiger partial charge in [0.05, 0.1) is 13.5 Å². The van der Waals surface area contributed by atoms with Gasteiger partial charge in [-0.3, -0.25) is 4.79 Å². The summed E-state index contributed by atoms with van der Waals surface area (Å²) in [7, 11) is 0. The molecule has 0 aliphatic rings. The van der Waals surface area contributed by atoms with Crippen molar-refractivity contribution in [1.82, 2.24) is 9.78 Å². The van der Waals surface area contributed by atoms with Gasteiger partial charge in [-0.25, -0.2) is 4.79 Å². The molecule has 8 heteroatoms. The lowest BCUT2D eigenvalue weighted by Gasteiger charge is -1.95. The highest BCUT2D eigenvalue weighted by Gasteiger charge is 2.15. The molecule has 0 amide bonds. The lowest BCUT2D eigenvalue weighted by atomic mass is 10.3. The zero-order valence-corrected chi connectivity index (χ0v) is 13.1. The number of hydrogen-bond acceptors (Lipinski definition) is 6. The molecule has 3 heterocycles. The van der Waals surface area contributed by atoms with E-state index in [1.807, 2.05) is 11.4 Å². The predicted molar refractivity (Wildman–Crippen MR) is 80.4 cm³/mol. The molecular formula is C12H7BrN2O3S2. The van der Waals surface area contributed by atoms with Crippen molar-refractivity contribution in [3.05, 3.63) is 48.9 Å². The molecule has 0 aromatic carbocycles. The lowest BCUT2D eigenvalue weighted by molar-refractivity contribution is 0.0969. The van der Waals surface area contributed by atoms with Crippen LogP contribution < -0.4 is 5.76 Å². The highest BCUT2D eigenvalue weighted by Crippen LogP contribution is 2.23. The molecule has 0 spiro atoms. The molecule has 0 fully saturated rings. The summed E-state index contributed by atoms with van der Waals surface area (Å²) in [4.78, 5) is 25.0. The third-order valence-corrected chi connectivity index (χ3v) is 5.00. The number of hydrogen-bond donors (Lipinski definition) is 0. The Labute approximate surface area is 129 Å². The van der Waals surface area contributed by atoms with Gasteiger partial charge in [-0.2, -0.15) is 4.68 Å². The number of halogens is 1. The van der Waals surface area contributed by atoms with E-state index >= 15 is 0 Å². The third kappa shape index (κ3) is 2.67. The first-order valence-electron chi connectivity index (χ1n) is 5.54. The van der Waals surface area contributed by atoms with E-state index in [2.05, 4.69) is 21.0 Å². The minimum Gasteiger partial charge on any atom is -0.387 e. The number of ketones is 1. The van der Waals surface area contributed by atoms with Crippen LogP contribution in [0.25, 0.3) is 10.8 Å². The maximum atomic E-state index is 12.0. The Balaban J connectivity index is 1.85. The Morgan fingerprint density at radius 3 is 2.90 bits per heavy atom.